The van der Waals surface area contributed by atoms with Crippen LogP contribution in [0.3, 0.4) is 0 Å². The van der Waals surface area contributed by atoms with Gasteiger partial charge >= 0.3 is 0 Å². The Bertz CT molecular complexity index is 1730. The molecule has 1 aliphatic heterocycles. The van der Waals surface area contributed by atoms with Gasteiger partial charge in [0.05, 0.1) is 11.0 Å². The fourth-order valence-electron chi connectivity index (χ4n) is 6.07. The fourth-order valence-corrected chi connectivity index (χ4v) is 6.78. The van der Waals surface area contributed by atoms with Crippen LogP contribution in [0.4, 0.5) is 5.69 Å². The number of sulfone groups is 1. The zero-order valence-electron chi connectivity index (χ0n) is 28.0. The normalized spacial score (nSPS) is 17.7. The van der Waals surface area contributed by atoms with E-state index in [-0.39, 0.29) is 23.0 Å². The van der Waals surface area contributed by atoms with Crippen molar-refractivity contribution in [1.29, 1.82) is 0 Å². The summed E-state index contributed by atoms with van der Waals surface area (Å²) < 4.78 is 41.3. The molecule has 1 heterocycles. The molecule has 0 radical (unpaired) electrons. The number of carbonyl (C=O) groups is 1. The van der Waals surface area contributed by atoms with E-state index in [1.807, 2.05) is 91.9 Å². The van der Waals surface area contributed by atoms with Gasteiger partial charge in [0.25, 0.3) is 0 Å². The topological polar surface area (TPSA) is 135 Å². The second-order valence-electron chi connectivity index (χ2n) is 12.3. The second kappa shape index (κ2) is 17.0. The Morgan fingerprint density at radius 3 is 2.20 bits per heavy atom. The number of aliphatic hydroxyl groups excluding tert-OH is 1. The maximum Gasteiger partial charge on any atom is 0.242 e. The predicted molar refractivity (Wildman–Crippen MR) is 189 cm³/mol. The van der Waals surface area contributed by atoms with Crippen molar-refractivity contribution >= 4 is 21.4 Å². The van der Waals surface area contributed by atoms with Crippen molar-refractivity contribution in [3.63, 3.8) is 0 Å². The smallest absolute Gasteiger partial charge is 0.242 e. The van der Waals surface area contributed by atoms with E-state index in [0.29, 0.717) is 44.0 Å². The third-order valence-electron chi connectivity index (χ3n) is 8.62. The number of anilines is 1. The Balaban J connectivity index is 1.25. The van der Waals surface area contributed by atoms with E-state index in [0.717, 1.165) is 22.3 Å². The minimum absolute atomic E-state index is 0.0772. The van der Waals surface area contributed by atoms with Crippen LogP contribution in [-0.4, -0.2) is 77.2 Å². The summed E-state index contributed by atoms with van der Waals surface area (Å²) in [5.41, 5.74) is 4.22. The summed E-state index contributed by atoms with van der Waals surface area (Å²) in [7, 11) is -1.92. The van der Waals surface area contributed by atoms with Crippen LogP contribution >= 0.6 is 0 Å². The molecule has 49 heavy (non-hydrogen) atoms. The molecule has 4 aromatic carbocycles. The highest BCUT2D eigenvalue weighted by Crippen LogP contribution is 2.30. The maximum atomic E-state index is 14.1. The number of aryl methyl sites for hydroxylation is 2. The van der Waals surface area contributed by atoms with Crippen molar-refractivity contribution in [2.45, 2.75) is 55.2 Å². The highest BCUT2D eigenvalue weighted by Gasteiger charge is 2.33. The summed E-state index contributed by atoms with van der Waals surface area (Å²) in [6.45, 7) is 3.46. The molecule has 1 fully saturated rings. The number of para-hydroxylation sites is 1. The number of ether oxygens (including phenoxy) is 3. The first-order valence-electron chi connectivity index (χ1n) is 16.4. The third kappa shape index (κ3) is 9.98. The number of hydrogen-bond donors (Lipinski definition) is 4. The number of hydrogen-bond acceptors (Lipinski definition) is 9. The third-order valence-corrected chi connectivity index (χ3v) is 9.73. The van der Waals surface area contributed by atoms with Gasteiger partial charge in [0.15, 0.2) is 9.84 Å². The molecule has 1 saturated heterocycles. The highest BCUT2D eigenvalue weighted by molar-refractivity contribution is 7.90. The molecular formula is C38H45N3O7S. The van der Waals surface area contributed by atoms with Crippen LogP contribution in [0.15, 0.2) is 108 Å². The average Bonchev–Trinajstić information content (AvgIpc) is 3.11. The number of morpholine rings is 1. The molecular weight excluding hydrogens is 642 g/mol. The molecule has 5 rings (SSSR count). The minimum atomic E-state index is -3.29. The lowest BCUT2D eigenvalue weighted by atomic mass is 9.84. The Labute approximate surface area is 288 Å². The molecule has 4 atom stereocenters. The second-order valence-corrected chi connectivity index (χ2v) is 14.3. The Kier molecular flexibility index (Phi) is 12.6. The zero-order valence-corrected chi connectivity index (χ0v) is 28.9. The highest BCUT2D eigenvalue weighted by atomic mass is 32.2. The van der Waals surface area contributed by atoms with Crippen LogP contribution in [-0.2, 0) is 30.5 Å². The molecule has 1 aliphatic rings. The van der Waals surface area contributed by atoms with E-state index in [1.165, 1.54) is 13.4 Å². The van der Waals surface area contributed by atoms with E-state index in [1.54, 1.807) is 18.2 Å². The molecule has 1 amide bonds. The quantitative estimate of drug-likeness (QED) is 0.134. The molecule has 11 heteroatoms. The van der Waals surface area contributed by atoms with Crippen LogP contribution < -0.4 is 20.7 Å². The lowest BCUT2D eigenvalue weighted by molar-refractivity contribution is -0.129. The van der Waals surface area contributed by atoms with Crippen LogP contribution in [0.2, 0.25) is 0 Å². The predicted octanol–water partition coefficient (Wildman–Crippen LogP) is 4.42. The number of amides is 1. The number of rotatable bonds is 15. The monoisotopic (exact) mass is 687 g/mol. The van der Waals surface area contributed by atoms with Crippen LogP contribution in [0, 0.1) is 6.92 Å². The van der Waals surface area contributed by atoms with E-state index in [4.69, 9.17) is 14.2 Å². The molecule has 0 spiro atoms. The first-order chi connectivity index (χ1) is 23.6. The van der Waals surface area contributed by atoms with Gasteiger partial charge in [-0.25, -0.2) is 8.42 Å². The van der Waals surface area contributed by atoms with Crippen LogP contribution in [0.5, 0.6) is 5.75 Å². The van der Waals surface area contributed by atoms with Gasteiger partial charge in [-0.15, -0.1) is 0 Å². The summed E-state index contributed by atoms with van der Waals surface area (Å²) in [6, 6.07) is 31.1. The van der Waals surface area contributed by atoms with Crippen molar-refractivity contribution < 1.29 is 32.5 Å². The van der Waals surface area contributed by atoms with Gasteiger partial charge in [0, 0.05) is 38.1 Å². The summed E-state index contributed by atoms with van der Waals surface area (Å²) in [4.78, 5) is 14.4. The molecule has 0 saturated carbocycles. The van der Waals surface area contributed by atoms with Gasteiger partial charge in [-0.1, -0.05) is 78.9 Å². The molecule has 260 valence electrons. The Morgan fingerprint density at radius 2 is 1.57 bits per heavy atom. The molecule has 4 N–H and O–H groups in total. The SMILES string of the molecule is COC(O)NC(C(=O)Nc1ccccc1CCC1CNCC(COc2ccc(S(C)(=O)=O)cc2C)O1)C(c1ccccc1)c1ccccc1. The summed E-state index contributed by atoms with van der Waals surface area (Å²) in [5, 5.41) is 20.0. The van der Waals surface area contributed by atoms with Crippen LogP contribution in [0.25, 0.3) is 0 Å². The Morgan fingerprint density at radius 1 is 0.939 bits per heavy atom. The molecule has 0 aromatic heterocycles. The van der Waals surface area contributed by atoms with Gasteiger partial charge in [0.2, 0.25) is 12.3 Å². The molecule has 4 aromatic rings. The summed E-state index contributed by atoms with van der Waals surface area (Å²) in [5.74, 6) is -0.106. The van der Waals surface area contributed by atoms with Crippen molar-refractivity contribution in [2.24, 2.45) is 0 Å². The van der Waals surface area contributed by atoms with Gasteiger partial charge in [-0.3, -0.25) is 10.1 Å². The van der Waals surface area contributed by atoms with Crippen LogP contribution in [0.1, 0.15) is 34.6 Å². The van der Waals surface area contributed by atoms with Crippen molar-refractivity contribution in [3.8, 4) is 5.75 Å². The number of aliphatic hydroxyl groups is 1. The number of nitrogens with one attached hydrogen (secondary N) is 3. The average molecular weight is 688 g/mol. The minimum Gasteiger partial charge on any atom is -0.491 e. The molecule has 10 nitrogen and oxygen atoms in total. The zero-order chi connectivity index (χ0) is 34.8. The molecule has 0 aliphatic carbocycles. The van der Waals surface area contributed by atoms with Crippen molar-refractivity contribution in [3.05, 3.63) is 125 Å². The Hall–Kier alpha value is -4.10. The van der Waals surface area contributed by atoms with E-state index in [2.05, 4.69) is 16.0 Å². The molecule has 4 unspecified atom stereocenters. The van der Waals surface area contributed by atoms with Crippen molar-refractivity contribution in [2.75, 3.05) is 38.4 Å². The van der Waals surface area contributed by atoms with E-state index < -0.39 is 28.2 Å². The van der Waals surface area contributed by atoms with Gasteiger partial charge in [0.1, 0.15) is 24.5 Å². The van der Waals surface area contributed by atoms with Crippen molar-refractivity contribution in [1.82, 2.24) is 10.6 Å². The number of methoxy groups -OCH3 is 1. The maximum absolute atomic E-state index is 14.1. The lowest BCUT2D eigenvalue weighted by Crippen LogP contribution is -2.50. The first kappa shape index (κ1) is 36.2. The first-order valence-corrected chi connectivity index (χ1v) is 18.3. The fraction of sp³-hybridized carbons (Fsp3) is 0.342. The van der Waals surface area contributed by atoms with E-state index in [9.17, 15) is 18.3 Å². The number of benzene rings is 4. The van der Waals surface area contributed by atoms with Gasteiger partial charge in [-0.2, -0.15) is 0 Å². The van der Waals surface area contributed by atoms with E-state index >= 15 is 0 Å². The standard InChI is InChI=1S/C38H45N3O7S/c1-26-22-32(49(3,44)45)20-21-34(26)47-25-31-24-39-23-30(48-31)19-18-27-12-10-11-17-33(27)40-37(42)36(41-38(43)46-2)35(28-13-6-4-7-14-28)29-15-8-5-9-16-29/h4-17,20-22,30-31,35-36,38-39,41,43H,18-19,23-25H2,1-3H3,(H,40,42). The molecule has 0 bridgehead atoms. The summed E-state index contributed by atoms with van der Waals surface area (Å²) in [6.07, 6.45) is 0.929. The van der Waals surface area contributed by atoms with Gasteiger partial charge < -0.3 is 30.0 Å². The number of carbonyl (C=O) groups excluding carboxylic acids is 1. The summed E-state index contributed by atoms with van der Waals surface area (Å²) >= 11 is 0. The largest absolute Gasteiger partial charge is 0.491 e. The lowest BCUT2D eigenvalue weighted by Gasteiger charge is -2.31. The van der Waals surface area contributed by atoms with Gasteiger partial charge in [-0.05, 0) is 66.3 Å².